The second kappa shape index (κ2) is 14.7. The average molecular weight is 661 g/mol. The van der Waals surface area contributed by atoms with Crippen molar-refractivity contribution in [3.8, 4) is 11.4 Å². The Labute approximate surface area is 275 Å². The number of rotatable bonds is 13. The molecule has 0 saturated heterocycles. The fourth-order valence-corrected chi connectivity index (χ4v) is 7.66. The van der Waals surface area contributed by atoms with Crippen molar-refractivity contribution in [3.05, 3.63) is 94.8 Å². The number of imidazole rings is 1. The van der Waals surface area contributed by atoms with Crippen LogP contribution in [0.5, 0.6) is 5.75 Å². The molecule has 1 fully saturated rings. The maximum atomic E-state index is 13.3. The molecule has 6 rings (SSSR count). The molecular formula is C35H44N6O5S. The van der Waals surface area contributed by atoms with E-state index in [-0.39, 0.29) is 16.7 Å². The minimum Gasteiger partial charge on any atom is -0.489 e. The quantitative estimate of drug-likeness (QED) is 0.160. The van der Waals surface area contributed by atoms with Crippen molar-refractivity contribution in [2.75, 3.05) is 23.5 Å². The summed E-state index contributed by atoms with van der Waals surface area (Å²) in [6.07, 6.45) is 14.5. The highest BCUT2D eigenvalue weighted by atomic mass is 32.2. The molecule has 0 spiro atoms. The third-order valence-electron chi connectivity index (χ3n) is 9.26. The molecule has 250 valence electrons. The molecule has 0 radical (unpaired) electrons. The Kier molecular flexibility index (Phi) is 10.3. The van der Waals surface area contributed by atoms with Gasteiger partial charge in [-0.2, -0.15) is 0 Å². The number of anilines is 2. The van der Waals surface area contributed by atoms with Crippen LogP contribution >= 0.6 is 0 Å². The van der Waals surface area contributed by atoms with Crippen LogP contribution in [-0.2, 0) is 23.0 Å². The van der Waals surface area contributed by atoms with Crippen LogP contribution in [0.4, 0.5) is 11.5 Å². The van der Waals surface area contributed by atoms with Gasteiger partial charge < -0.3 is 20.9 Å². The van der Waals surface area contributed by atoms with E-state index in [0.717, 1.165) is 17.9 Å². The van der Waals surface area contributed by atoms with E-state index in [9.17, 15) is 18.3 Å². The zero-order chi connectivity index (χ0) is 32.8. The molecule has 2 aromatic carbocycles. The lowest BCUT2D eigenvalue weighted by Gasteiger charge is -2.27. The molecule has 2 aromatic heterocycles. The monoisotopic (exact) mass is 660 g/mol. The number of hydrogen-bond acceptors (Lipinski definition) is 8. The van der Waals surface area contributed by atoms with Crippen LogP contribution in [-0.4, -0.2) is 46.8 Å². The molecule has 0 bridgehead atoms. The van der Waals surface area contributed by atoms with Gasteiger partial charge in [0, 0.05) is 49.5 Å². The summed E-state index contributed by atoms with van der Waals surface area (Å²) in [7, 11) is -3.85. The van der Waals surface area contributed by atoms with Gasteiger partial charge in [0.25, 0.3) is 10.0 Å². The standard InChI is InChI=1S/C35H44N6O5S/c36-34-17-9-27(22-38-34)32(42)24-37-23-30-14-8-26-21-31(15-16-33(26)46-30)47(44,45)39-28-10-12-29(13-11-28)41-20-19-40(35(41)43)18-4-7-25-5-2-1-3-6-25/h9-13,15-17,19-22,25,30,32,37,39,42H,1-8,14,18,23-24H2,(H2,36,38)/t30-,32-/m0/s1. The summed E-state index contributed by atoms with van der Waals surface area (Å²) in [5.74, 6) is 1.85. The van der Waals surface area contributed by atoms with Gasteiger partial charge in [0.1, 0.15) is 17.7 Å². The number of nitrogens with zero attached hydrogens (tertiary/aromatic N) is 3. The minimum atomic E-state index is -3.85. The number of nitrogen functional groups attached to an aromatic ring is 1. The normalized spacial score (nSPS) is 17.5. The van der Waals surface area contributed by atoms with E-state index in [0.29, 0.717) is 61.0 Å². The number of aromatic nitrogens is 3. The van der Waals surface area contributed by atoms with Gasteiger partial charge in [0.15, 0.2) is 0 Å². The van der Waals surface area contributed by atoms with Gasteiger partial charge in [-0.1, -0.05) is 38.2 Å². The number of aryl methyl sites for hydroxylation is 2. The first-order valence-corrected chi connectivity index (χ1v) is 18.0. The predicted octanol–water partition coefficient (Wildman–Crippen LogP) is 4.79. The first-order chi connectivity index (χ1) is 22.7. The zero-order valence-corrected chi connectivity index (χ0v) is 27.4. The van der Waals surface area contributed by atoms with Crippen LogP contribution in [0.1, 0.15) is 68.6 Å². The molecule has 1 aliphatic heterocycles. The molecule has 3 heterocycles. The third kappa shape index (κ3) is 8.24. The van der Waals surface area contributed by atoms with Crippen LogP contribution in [0.3, 0.4) is 0 Å². The molecule has 4 aromatic rings. The van der Waals surface area contributed by atoms with Crippen molar-refractivity contribution in [2.24, 2.45) is 5.92 Å². The number of pyridine rings is 1. The van der Waals surface area contributed by atoms with Crippen molar-refractivity contribution in [3.63, 3.8) is 0 Å². The number of ether oxygens (including phenoxy) is 1. The van der Waals surface area contributed by atoms with Gasteiger partial charge >= 0.3 is 5.69 Å². The van der Waals surface area contributed by atoms with E-state index < -0.39 is 16.1 Å². The number of aliphatic hydroxyl groups excluding tert-OH is 1. The van der Waals surface area contributed by atoms with Crippen molar-refractivity contribution in [2.45, 2.75) is 81.4 Å². The number of hydrogen-bond donors (Lipinski definition) is 4. The average Bonchev–Trinajstić information content (AvgIpc) is 3.45. The molecule has 11 nitrogen and oxygen atoms in total. The molecule has 2 atom stereocenters. The molecule has 0 unspecified atom stereocenters. The van der Waals surface area contributed by atoms with Gasteiger partial charge in [-0.05, 0) is 85.7 Å². The number of fused-ring (bicyclic) bond motifs is 1. The molecular weight excluding hydrogens is 616 g/mol. The topological polar surface area (TPSA) is 154 Å². The van der Waals surface area contributed by atoms with E-state index >= 15 is 0 Å². The molecule has 2 aliphatic rings. The molecule has 12 heteroatoms. The number of nitrogens with two attached hydrogens (primary N) is 1. The van der Waals surface area contributed by atoms with E-state index in [4.69, 9.17) is 10.5 Å². The Morgan fingerprint density at radius 2 is 1.83 bits per heavy atom. The van der Waals surface area contributed by atoms with Crippen molar-refractivity contribution >= 4 is 21.5 Å². The molecule has 0 amide bonds. The fraction of sp³-hybridized carbons (Fsp3) is 0.429. The smallest absolute Gasteiger partial charge is 0.332 e. The van der Waals surface area contributed by atoms with Crippen molar-refractivity contribution in [1.29, 1.82) is 0 Å². The molecule has 5 N–H and O–H groups in total. The second-order valence-electron chi connectivity index (χ2n) is 12.7. The fourth-order valence-electron chi connectivity index (χ4n) is 6.55. The lowest BCUT2D eigenvalue weighted by Crippen LogP contribution is -2.36. The summed E-state index contributed by atoms with van der Waals surface area (Å²) in [5, 5.41) is 13.6. The van der Waals surface area contributed by atoms with Crippen molar-refractivity contribution < 1.29 is 18.3 Å². The third-order valence-corrected chi connectivity index (χ3v) is 10.6. The maximum Gasteiger partial charge on any atom is 0.332 e. The van der Waals surface area contributed by atoms with Gasteiger partial charge in [0.2, 0.25) is 0 Å². The molecule has 1 aliphatic carbocycles. The Bertz CT molecular complexity index is 1800. The highest BCUT2D eigenvalue weighted by Gasteiger charge is 2.23. The highest BCUT2D eigenvalue weighted by Crippen LogP contribution is 2.31. The minimum absolute atomic E-state index is 0.0930. The second-order valence-corrected chi connectivity index (χ2v) is 14.4. The summed E-state index contributed by atoms with van der Waals surface area (Å²) in [6, 6.07) is 15.1. The Hall–Kier alpha value is -4.13. The summed E-state index contributed by atoms with van der Waals surface area (Å²) in [5.41, 5.74) is 8.11. The number of aliphatic hydroxyl groups is 1. The molecule has 1 saturated carbocycles. The van der Waals surface area contributed by atoms with Crippen LogP contribution in [0.2, 0.25) is 0 Å². The number of benzene rings is 2. The molecule has 47 heavy (non-hydrogen) atoms. The number of sulfonamides is 1. The Balaban J connectivity index is 1.01. The van der Waals surface area contributed by atoms with E-state index in [1.54, 1.807) is 76.1 Å². The van der Waals surface area contributed by atoms with Crippen LogP contribution in [0.15, 0.2) is 82.9 Å². The predicted molar refractivity (Wildman–Crippen MR) is 182 cm³/mol. The van der Waals surface area contributed by atoms with Gasteiger partial charge in [-0.25, -0.2) is 18.2 Å². The summed E-state index contributed by atoms with van der Waals surface area (Å²) in [6.45, 7) is 1.58. The largest absolute Gasteiger partial charge is 0.489 e. The Morgan fingerprint density at radius 1 is 1.02 bits per heavy atom. The van der Waals surface area contributed by atoms with E-state index in [1.165, 1.54) is 38.5 Å². The first kappa shape index (κ1) is 32.8. The summed E-state index contributed by atoms with van der Waals surface area (Å²) >= 11 is 0. The Morgan fingerprint density at radius 3 is 2.60 bits per heavy atom. The van der Waals surface area contributed by atoms with Crippen LogP contribution in [0, 0.1) is 5.92 Å². The number of nitrogens with one attached hydrogen (secondary N) is 2. The SMILES string of the molecule is Nc1ccc([C@@H](O)CNC[C@@H]2CCc3cc(S(=O)(=O)Nc4ccc(-n5ccn(CCCC6CCCCC6)c5=O)cc4)ccc3O2)cn1. The van der Waals surface area contributed by atoms with Crippen LogP contribution in [0.25, 0.3) is 5.69 Å². The van der Waals surface area contributed by atoms with Crippen molar-refractivity contribution in [1.82, 2.24) is 19.4 Å². The van der Waals surface area contributed by atoms with Gasteiger partial charge in [-0.3, -0.25) is 13.9 Å². The zero-order valence-electron chi connectivity index (χ0n) is 26.6. The van der Waals surface area contributed by atoms with E-state index in [1.807, 2.05) is 6.20 Å². The summed E-state index contributed by atoms with van der Waals surface area (Å²) < 4.78 is 38.6. The lowest BCUT2D eigenvalue weighted by atomic mass is 9.86. The lowest BCUT2D eigenvalue weighted by molar-refractivity contribution is 0.146. The maximum absolute atomic E-state index is 13.3. The van der Waals surface area contributed by atoms with E-state index in [2.05, 4.69) is 15.0 Å². The van der Waals surface area contributed by atoms with Gasteiger partial charge in [-0.15, -0.1) is 0 Å². The van der Waals surface area contributed by atoms with Gasteiger partial charge in [0.05, 0.1) is 16.7 Å². The first-order valence-electron chi connectivity index (χ1n) is 16.6. The highest BCUT2D eigenvalue weighted by molar-refractivity contribution is 7.92. The van der Waals surface area contributed by atoms with Crippen LogP contribution < -0.4 is 26.2 Å². The summed E-state index contributed by atoms with van der Waals surface area (Å²) in [4.78, 5) is 17.2.